The summed E-state index contributed by atoms with van der Waals surface area (Å²) in [7, 11) is 3.31. The molecule has 4 aromatic rings. The molecule has 13 heteroatoms. The minimum absolute atomic E-state index is 0.113. The number of nitrogens with zero attached hydrogens (tertiary/aromatic N) is 6. The summed E-state index contributed by atoms with van der Waals surface area (Å²) in [6.45, 7) is 1.10. The van der Waals surface area contributed by atoms with Gasteiger partial charge in [0.25, 0.3) is 11.5 Å². The molecule has 4 aromatic heterocycles. The van der Waals surface area contributed by atoms with Gasteiger partial charge >= 0.3 is 0 Å². The van der Waals surface area contributed by atoms with Gasteiger partial charge in [-0.1, -0.05) is 6.07 Å². The molecule has 0 unspecified atom stereocenters. The van der Waals surface area contributed by atoms with Gasteiger partial charge in [0.05, 0.1) is 19.9 Å². The van der Waals surface area contributed by atoms with Gasteiger partial charge in [-0.05, 0) is 48.9 Å². The lowest BCUT2D eigenvalue weighted by atomic mass is 10.1. The topological polar surface area (TPSA) is 125 Å². The van der Waals surface area contributed by atoms with E-state index in [2.05, 4.69) is 20.3 Å². The molecular weight excluding hydrogens is 558 g/mol. The summed E-state index contributed by atoms with van der Waals surface area (Å²) in [5.41, 5.74) is 8.57. The van der Waals surface area contributed by atoms with Crippen molar-refractivity contribution >= 4 is 28.6 Å². The standard InChI is InChI=1S/C30H34F2N8O3/c1-38-25-26(42-2)24(43-23(15-33)21-6-3-4-10-34-21)16-35-27(25)37-29(38)36-22-14-20(19-7-8-19)17-40(28(22)41)12-5-11-39-13-9-30(31,32)18-39/h3-4,6,10,14-17,19H,5,7-9,11-13,18,33H2,1-2H3,(H,35,36,37)/b23-15+. The molecule has 3 N–H and O–H groups in total. The van der Waals surface area contributed by atoms with Gasteiger partial charge in [0.2, 0.25) is 5.95 Å². The van der Waals surface area contributed by atoms with Crippen LogP contribution in [0.25, 0.3) is 16.9 Å². The molecule has 0 radical (unpaired) electrons. The van der Waals surface area contributed by atoms with Crippen LogP contribution >= 0.6 is 0 Å². The Morgan fingerprint density at radius 2 is 2.09 bits per heavy atom. The summed E-state index contributed by atoms with van der Waals surface area (Å²) < 4.78 is 42.4. The van der Waals surface area contributed by atoms with Crippen molar-refractivity contribution < 1.29 is 18.3 Å². The number of imidazole rings is 1. The molecule has 6 rings (SSSR count). The number of pyridine rings is 3. The van der Waals surface area contributed by atoms with E-state index in [4.69, 9.17) is 15.2 Å². The molecule has 11 nitrogen and oxygen atoms in total. The molecule has 5 heterocycles. The smallest absolute Gasteiger partial charge is 0.274 e. The average molecular weight is 593 g/mol. The largest absolute Gasteiger partial charge is 0.491 e. The molecule has 1 aliphatic carbocycles. The Morgan fingerprint density at radius 3 is 2.77 bits per heavy atom. The number of likely N-dealkylation sites (tertiary alicyclic amines) is 1. The molecule has 1 saturated carbocycles. The lowest BCUT2D eigenvalue weighted by Gasteiger charge is -2.17. The number of hydrogen-bond acceptors (Lipinski definition) is 9. The second kappa shape index (κ2) is 11.6. The quantitative estimate of drug-likeness (QED) is 0.246. The summed E-state index contributed by atoms with van der Waals surface area (Å²) in [6.07, 6.45) is 8.97. The highest BCUT2D eigenvalue weighted by atomic mass is 19.3. The average Bonchev–Trinajstić information content (AvgIpc) is 3.73. The monoisotopic (exact) mass is 592 g/mol. The number of aryl methyl sites for hydroxylation is 2. The van der Waals surface area contributed by atoms with E-state index in [9.17, 15) is 13.6 Å². The maximum absolute atomic E-state index is 13.6. The van der Waals surface area contributed by atoms with Gasteiger partial charge in [0.1, 0.15) is 16.9 Å². The van der Waals surface area contributed by atoms with Crippen molar-refractivity contribution in [1.29, 1.82) is 0 Å². The Balaban J connectivity index is 1.27. The van der Waals surface area contributed by atoms with Gasteiger partial charge in [-0.15, -0.1) is 0 Å². The molecule has 2 fully saturated rings. The lowest BCUT2D eigenvalue weighted by Crippen LogP contribution is -2.28. The number of nitrogens with one attached hydrogen (secondary N) is 1. The predicted octanol–water partition coefficient (Wildman–Crippen LogP) is 4.22. The van der Waals surface area contributed by atoms with Crippen LogP contribution in [-0.4, -0.2) is 61.7 Å². The Morgan fingerprint density at radius 1 is 1.26 bits per heavy atom. The Kier molecular flexibility index (Phi) is 7.74. The van der Waals surface area contributed by atoms with Gasteiger partial charge < -0.3 is 29.7 Å². The van der Waals surface area contributed by atoms with Crippen molar-refractivity contribution in [3.8, 4) is 11.5 Å². The molecule has 0 amide bonds. The Hall–Kier alpha value is -4.52. The van der Waals surface area contributed by atoms with Crippen LogP contribution in [-0.2, 0) is 13.6 Å². The number of halogens is 2. The first-order valence-electron chi connectivity index (χ1n) is 14.3. The van der Waals surface area contributed by atoms with E-state index in [0.29, 0.717) is 77.7 Å². The fourth-order valence-electron chi connectivity index (χ4n) is 5.44. The van der Waals surface area contributed by atoms with Crippen LogP contribution in [0.2, 0.25) is 0 Å². The second-order valence-electron chi connectivity index (χ2n) is 11.0. The summed E-state index contributed by atoms with van der Waals surface area (Å²) in [6, 6.07) is 7.27. The van der Waals surface area contributed by atoms with Crippen LogP contribution in [0.5, 0.6) is 11.5 Å². The van der Waals surface area contributed by atoms with Crippen LogP contribution in [0.1, 0.15) is 42.9 Å². The van der Waals surface area contributed by atoms with E-state index in [1.807, 2.05) is 18.3 Å². The van der Waals surface area contributed by atoms with E-state index in [1.165, 1.54) is 19.5 Å². The fraction of sp³-hybridized carbons (Fsp3) is 0.400. The van der Waals surface area contributed by atoms with E-state index >= 15 is 0 Å². The van der Waals surface area contributed by atoms with E-state index in [0.717, 1.165) is 18.4 Å². The van der Waals surface area contributed by atoms with Crippen molar-refractivity contribution in [3.05, 3.63) is 70.7 Å². The number of rotatable bonds is 11. The molecule has 0 spiro atoms. The van der Waals surface area contributed by atoms with E-state index < -0.39 is 5.92 Å². The number of alkyl halides is 2. The third-order valence-corrected chi connectivity index (χ3v) is 7.84. The van der Waals surface area contributed by atoms with Gasteiger partial charge in [-0.3, -0.25) is 14.7 Å². The summed E-state index contributed by atoms with van der Waals surface area (Å²) in [5.74, 6) is -0.793. The highest BCUT2D eigenvalue weighted by molar-refractivity contribution is 5.85. The highest BCUT2D eigenvalue weighted by Gasteiger charge is 2.37. The number of aromatic nitrogens is 5. The van der Waals surface area contributed by atoms with Crippen molar-refractivity contribution in [1.82, 2.24) is 29.0 Å². The minimum Gasteiger partial charge on any atom is -0.491 e. The lowest BCUT2D eigenvalue weighted by molar-refractivity contribution is 0.0121. The maximum atomic E-state index is 13.6. The zero-order valence-electron chi connectivity index (χ0n) is 24.1. The van der Waals surface area contributed by atoms with Crippen LogP contribution in [0.4, 0.5) is 20.4 Å². The van der Waals surface area contributed by atoms with E-state index in [1.54, 1.807) is 39.4 Å². The predicted molar refractivity (Wildman–Crippen MR) is 159 cm³/mol. The molecule has 0 atom stereocenters. The van der Waals surface area contributed by atoms with Crippen molar-refractivity contribution in [2.45, 2.75) is 44.1 Å². The molecular formula is C30H34F2N8O3. The van der Waals surface area contributed by atoms with Gasteiger partial charge in [0.15, 0.2) is 22.9 Å². The van der Waals surface area contributed by atoms with Gasteiger partial charge in [-0.25, -0.2) is 13.8 Å². The Bertz CT molecular complexity index is 1720. The SMILES string of the molecule is COc1c(O/C(=C/N)c2ccccn2)cnc2nc(Nc3cc(C4CC4)cn(CCCN4CCC(F)(F)C4)c3=O)n(C)c12. The number of methoxy groups -OCH3 is 1. The second-order valence-corrected chi connectivity index (χ2v) is 11.0. The Labute approximate surface area is 247 Å². The number of nitrogens with two attached hydrogens (primary N) is 1. The summed E-state index contributed by atoms with van der Waals surface area (Å²) >= 11 is 0. The molecule has 2 aliphatic rings. The van der Waals surface area contributed by atoms with Crippen LogP contribution in [0.3, 0.4) is 0 Å². The van der Waals surface area contributed by atoms with Crippen molar-refractivity contribution in [2.24, 2.45) is 12.8 Å². The summed E-state index contributed by atoms with van der Waals surface area (Å²) in [4.78, 5) is 28.7. The number of hydrogen-bond donors (Lipinski definition) is 2. The normalized spacial score (nSPS) is 17.0. The van der Waals surface area contributed by atoms with Gasteiger partial charge in [0, 0.05) is 51.7 Å². The van der Waals surface area contributed by atoms with E-state index in [-0.39, 0.29) is 18.5 Å². The molecule has 1 aliphatic heterocycles. The fourth-order valence-corrected chi connectivity index (χ4v) is 5.44. The summed E-state index contributed by atoms with van der Waals surface area (Å²) in [5, 5.41) is 3.22. The van der Waals surface area contributed by atoms with Crippen LogP contribution in [0, 0.1) is 0 Å². The zero-order valence-corrected chi connectivity index (χ0v) is 24.1. The molecule has 43 heavy (non-hydrogen) atoms. The minimum atomic E-state index is -2.63. The number of ether oxygens (including phenoxy) is 2. The van der Waals surface area contributed by atoms with Crippen LogP contribution in [0.15, 0.2) is 53.9 Å². The molecule has 226 valence electrons. The molecule has 0 bridgehead atoms. The number of anilines is 2. The first kappa shape index (κ1) is 28.6. The number of fused-ring (bicyclic) bond motifs is 1. The third-order valence-electron chi connectivity index (χ3n) is 7.84. The van der Waals surface area contributed by atoms with Crippen molar-refractivity contribution in [2.75, 3.05) is 32.1 Å². The van der Waals surface area contributed by atoms with Gasteiger partial charge in [-0.2, -0.15) is 4.98 Å². The maximum Gasteiger partial charge on any atom is 0.274 e. The van der Waals surface area contributed by atoms with Crippen LogP contribution < -0.4 is 26.1 Å². The first-order valence-corrected chi connectivity index (χ1v) is 14.3. The molecule has 0 aromatic carbocycles. The third kappa shape index (κ3) is 6.03. The molecule has 1 saturated heterocycles. The zero-order chi connectivity index (χ0) is 30.1. The highest BCUT2D eigenvalue weighted by Crippen LogP contribution is 2.41. The van der Waals surface area contributed by atoms with Crippen molar-refractivity contribution in [3.63, 3.8) is 0 Å². The first-order chi connectivity index (χ1) is 20.8.